The summed E-state index contributed by atoms with van der Waals surface area (Å²) in [6.07, 6.45) is 6.33. The van der Waals surface area contributed by atoms with Gasteiger partial charge in [0.1, 0.15) is 18.1 Å². The zero-order chi connectivity index (χ0) is 31.2. The van der Waals surface area contributed by atoms with Crippen molar-refractivity contribution in [3.8, 4) is 0 Å². The molecule has 0 aliphatic heterocycles. The number of aliphatic imine (C=N–C) groups is 1. The molecule has 0 aliphatic carbocycles. The van der Waals surface area contributed by atoms with Gasteiger partial charge in [0.2, 0.25) is 17.7 Å². The number of rotatable bonds is 17. The normalized spacial score (nSPS) is 13.6. The van der Waals surface area contributed by atoms with E-state index in [0.717, 1.165) is 5.56 Å². The van der Waals surface area contributed by atoms with Crippen LogP contribution < -0.4 is 33.2 Å². The highest BCUT2D eigenvalue weighted by Crippen LogP contribution is 2.07. The molecule has 0 bridgehead atoms. The topological polar surface area (TPSA) is 272 Å². The van der Waals surface area contributed by atoms with Crippen LogP contribution in [0.25, 0.3) is 0 Å². The number of hydrogen-bond donors (Lipinski definition) is 9. The molecule has 2 heterocycles. The van der Waals surface area contributed by atoms with Crippen molar-refractivity contribution >= 4 is 29.7 Å². The van der Waals surface area contributed by atoms with E-state index in [0.29, 0.717) is 11.4 Å². The van der Waals surface area contributed by atoms with Crippen LogP contribution in [-0.4, -0.2) is 85.4 Å². The maximum atomic E-state index is 13.5. The van der Waals surface area contributed by atoms with Gasteiger partial charge in [0.15, 0.2) is 5.96 Å². The van der Waals surface area contributed by atoms with Gasteiger partial charge in [-0.3, -0.25) is 19.4 Å². The molecular formula is C27H37N11O5. The van der Waals surface area contributed by atoms with Crippen LogP contribution in [0.15, 0.2) is 60.4 Å². The molecule has 2 aromatic heterocycles. The number of nitrogens with zero attached hydrogens (tertiary/aromatic N) is 3. The molecule has 0 radical (unpaired) electrons. The molecular weight excluding hydrogens is 558 g/mol. The number of nitrogens with two attached hydrogens (primary N) is 3. The third-order valence-corrected chi connectivity index (χ3v) is 6.42. The zero-order valence-corrected chi connectivity index (χ0v) is 23.4. The van der Waals surface area contributed by atoms with E-state index < -0.39 is 47.9 Å². The lowest BCUT2D eigenvalue weighted by Crippen LogP contribution is -2.58. The van der Waals surface area contributed by atoms with E-state index in [-0.39, 0.29) is 44.6 Å². The van der Waals surface area contributed by atoms with Gasteiger partial charge in [0.25, 0.3) is 0 Å². The summed E-state index contributed by atoms with van der Waals surface area (Å²) in [5, 5.41) is 17.5. The molecule has 16 nitrogen and oxygen atoms in total. The number of guanidine groups is 1. The summed E-state index contributed by atoms with van der Waals surface area (Å²) in [6, 6.07) is 4.62. The molecule has 43 heavy (non-hydrogen) atoms. The van der Waals surface area contributed by atoms with Gasteiger partial charge in [-0.2, -0.15) is 0 Å². The van der Waals surface area contributed by atoms with Crippen LogP contribution in [0.1, 0.15) is 29.8 Å². The molecule has 0 aliphatic rings. The Labute approximate surface area is 247 Å². The molecule has 1 aromatic carbocycles. The minimum absolute atomic E-state index is 0.0234. The molecule has 0 spiro atoms. The third kappa shape index (κ3) is 10.9. The van der Waals surface area contributed by atoms with E-state index in [9.17, 15) is 24.3 Å². The average molecular weight is 596 g/mol. The Kier molecular flexibility index (Phi) is 12.2. The van der Waals surface area contributed by atoms with Crippen LogP contribution in [0.2, 0.25) is 0 Å². The standard InChI is InChI=1S/C27H37N11O5/c28-19(9-16-5-2-1-3-6-16)23(39)37-21(10-17-12-31-14-34-17)25(41)36-20(7-4-8-33-27(29)30)24(40)38-22(26(42)43)11-18-13-32-15-35-18/h1-3,5-6,12-15,19-22H,4,7-11,28H2,(H,31,34)(H,32,35)(H,36,41)(H,37,39)(H,38,40)(H,42,43)(H4,29,30,33). The maximum absolute atomic E-state index is 13.5. The molecule has 12 N–H and O–H groups in total. The Hall–Kier alpha value is -5.25. The summed E-state index contributed by atoms with van der Waals surface area (Å²) in [7, 11) is 0. The van der Waals surface area contributed by atoms with Crippen LogP contribution in [0.4, 0.5) is 0 Å². The fraction of sp³-hybridized carbons (Fsp3) is 0.370. The summed E-state index contributed by atoms with van der Waals surface area (Å²) in [6.45, 7) is 0.168. The minimum atomic E-state index is -1.30. The number of benzene rings is 1. The Morgan fingerprint density at radius 3 is 1.93 bits per heavy atom. The Morgan fingerprint density at radius 1 is 0.814 bits per heavy atom. The molecule has 4 atom stereocenters. The number of carbonyl (C=O) groups is 4. The van der Waals surface area contributed by atoms with Crippen molar-refractivity contribution in [1.82, 2.24) is 35.9 Å². The second kappa shape index (κ2) is 16.3. The highest BCUT2D eigenvalue weighted by atomic mass is 16.4. The first-order valence-electron chi connectivity index (χ1n) is 13.6. The van der Waals surface area contributed by atoms with Crippen LogP contribution >= 0.6 is 0 Å². The van der Waals surface area contributed by atoms with Gasteiger partial charge < -0.3 is 48.2 Å². The van der Waals surface area contributed by atoms with E-state index in [2.05, 4.69) is 40.9 Å². The number of imidazole rings is 2. The van der Waals surface area contributed by atoms with Gasteiger partial charge in [-0.1, -0.05) is 30.3 Å². The van der Waals surface area contributed by atoms with Crippen LogP contribution in [0.3, 0.4) is 0 Å². The largest absolute Gasteiger partial charge is 0.480 e. The first-order chi connectivity index (χ1) is 20.6. The van der Waals surface area contributed by atoms with Gasteiger partial charge in [-0.25, -0.2) is 14.8 Å². The summed E-state index contributed by atoms with van der Waals surface area (Å²) in [5.41, 5.74) is 18.8. The first-order valence-corrected chi connectivity index (χ1v) is 13.6. The number of carboxylic acids is 1. The summed E-state index contributed by atoms with van der Waals surface area (Å²) in [4.78, 5) is 69.1. The number of aromatic nitrogens is 4. The highest BCUT2D eigenvalue weighted by Gasteiger charge is 2.31. The quantitative estimate of drug-likeness (QED) is 0.0474. The van der Waals surface area contributed by atoms with E-state index in [1.165, 1.54) is 25.0 Å². The van der Waals surface area contributed by atoms with Crippen molar-refractivity contribution in [3.05, 3.63) is 72.3 Å². The second-order valence-electron chi connectivity index (χ2n) is 9.83. The number of carbonyl (C=O) groups excluding carboxylic acids is 3. The van der Waals surface area contributed by atoms with Crippen molar-refractivity contribution < 1.29 is 24.3 Å². The maximum Gasteiger partial charge on any atom is 0.326 e. The molecule has 230 valence electrons. The van der Waals surface area contributed by atoms with Gasteiger partial charge >= 0.3 is 5.97 Å². The van der Waals surface area contributed by atoms with E-state index in [1.54, 1.807) is 0 Å². The smallest absolute Gasteiger partial charge is 0.326 e. The van der Waals surface area contributed by atoms with E-state index >= 15 is 0 Å². The molecule has 0 fully saturated rings. The zero-order valence-electron chi connectivity index (χ0n) is 23.4. The van der Waals surface area contributed by atoms with Crippen molar-refractivity contribution in [1.29, 1.82) is 0 Å². The summed E-state index contributed by atoms with van der Waals surface area (Å²) in [5.74, 6) is -3.40. The number of H-pyrrole nitrogens is 2. The lowest BCUT2D eigenvalue weighted by Gasteiger charge is -2.25. The fourth-order valence-electron chi connectivity index (χ4n) is 4.20. The number of amides is 3. The average Bonchev–Trinajstić information content (AvgIpc) is 3.68. The van der Waals surface area contributed by atoms with Crippen molar-refractivity contribution in [2.75, 3.05) is 6.54 Å². The molecule has 3 rings (SSSR count). The van der Waals surface area contributed by atoms with Gasteiger partial charge in [0.05, 0.1) is 18.7 Å². The first kappa shape index (κ1) is 32.3. The minimum Gasteiger partial charge on any atom is -0.480 e. The van der Waals surface area contributed by atoms with Crippen molar-refractivity contribution in [2.24, 2.45) is 22.2 Å². The van der Waals surface area contributed by atoms with Crippen molar-refractivity contribution in [3.63, 3.8) is 0 Å². The number of aliphatic carboxylic acids is 1. The lowest BCUT2D eigenvalue weighted by atomic mass is 10.0. The van der Waals surface area contributed by atoms with Crippen LogP contribution in [0, 0.1) is 0 Å². The lowest BCUT2D eigenvalue weighted by molar-refractivity contribution is -0.142. The Bertz CT molecular complexity index is 1340. The van der Waals surface area contributed by atoms with Crippen LogP contribution in [-0.2, 0) is 38.4 Å². The van der Waals surface area contributed by atoms with E-state index in [4.69, 9.17) is 17.2 Å². The summed E-state index contributed by atoms with van der Waals surface area (Å²) < 4.78 is 0. The number of carboxylic acid groups (broad SMARTS) is 1. The van der Waals surface area contributed by atoms with E-state index in [1.807, 2.05) is 30.3 Å². The van der Waals surface area contributed by atoms with Gasteiger partial charge in [-0.05, 0) is 24.8 Å². The SMILES string of the molecule is NC(N)=NCCCC(NC(=O)C(Cc1cnc[nH]1)NC(=O)C(N)Cc1ccccc1)C(=O)NC(Cc1cnc[nH]1)C(=O)O. The number of aromatic amines is 2. The second-order valence-corrected chi connectivity index (χ2v) is 9.83. The third-order valence-electron chi connectivity index (χ3n) is 6.42. The fourth-order valence-corrected chi connectivity index (χ4v) is 4.20. The molecule has 0 saturated carbocycles. The summed E-state index contributed by atoms with van der Waals surface area (Å²) >= 11 is 0. The van der Waals surface area contributed by atoms with Crippen molar-refractivity contribution in [2.45, 2.75) is 56.3 Å². The molecule has 16 heteroatoms. The molecule has 0 saturated heterocycles. The number of hydrogen-bond acceptors (Lipinski definition) is 8. The Balaban J connectivity index is 1.75. The molecule has 4 unspecified atom stereocenters. The van der Waals surface area contributed by atoms with Crippen LogP contribution in [0.5, 0.6) is 0 Å². The van der Waals surface area contributed by atoms with Gasteiger partial charge in [0, 0.05) is 43.2 Å². The highest BCUT2D eigenvalue weighted by molar-refractivity contribution is 5.94. The predicted octanol–water partition coefficient (Wildman–Crippen LogP) is -1.92. The monoisotopic (exact) mass is 595 g/mol. The Morgan fingerprint density at radius 2 is 1.37 bits per heavy atom. The predicted molar refractivity (Wildman–Crippen MR) is 156 cm³/mol. The molecule has 3 aromatic rings. The number of nitrogens with one attached hydrogen (secondary N) is 5. The molecule has 3 amide bonds. The van der Waals surface area contributed by atoms with Gasteiger partial charge in [-0.15, -0.1) is 0 Å².